The number of benzene rings is 2. The Balaban J connectivity index is 1.52. The van der Waals surface area contributed by atoms with Gasteiger partial charge in [-0.15, -0.1) is 0 Å². The highest BCUT2D eigenvalue weighted by Gasteiger charge is 2.42. The fourth-order valence-corrected chi connectivity index (χ4v) is 4.02. The van der Waals surface area contributed by atoms with Gasteiger partial charge in [0.15, 0.2) is 0 Å². The number of esters is 1. The zero-order chi connectivity index (χ0) is 19.0. The summed E-state index contributed by atoms with van der Waals surface area (Å²) in [5, 5.41) is 0. The first kappa shape index (κ1) is 17.5. The van der Waals surface area contributed by atoms with Crippen LogP contribution in [0.3, 0.4) is 0 Å². The molecule has 0 N–H and O–H groups in total. The Kier molecular flexibility index (Phi) is 4.56. The van der Waals surface area contributed by atoms with Crippen LogP contribution in [0.25, 0.3) is 11.1 Å². The van der Waals surface area contributed by atoms with E-state index in [1.165, 1.54) is 7.11 Å². The third-order valence-corrected chi connectivity index (χ3v) is 5.29. The van der Waals surface area contributed by atoms with Gasteiger partial charge in [-0.25, -0.2) is 14.0 Å². The van der Waals surface area contributed by atoms with Crippen LogP contribution in [-0.2, 0) is 14.3 Å². The summed E-state index contributed by atoms with van der Waals surface area (Å²) in [4.78, 5) is 25.5. The summed E-state index contributed by atoms with van der Waals surface area (Å²) >= 11 is 0. The minimum atomic E-state index is -1.26. The second-order valence-corrected chi connectivity index (χ2v) is 6.83. The zero-order valence-corrected chi connectivity index (χ0v) is 14.9. The highest BCUT2D eigenvalue weighted by Crippen LogP contribution is 2.44. The van der Waals surface area contributed by atoms with Crippen molar-refractivity contribution >= 4 is 12.1 Å². The number of alkyl halides is 1. The molecule has 0 radical (unpaired) electrons. The van der Waals surface area contributed by atoms with Gasteiger partial charge >= 0.3 is 12.1 Å². The van der Waals surface area contributed by atoms with Gasteiger partial charge in [0.05, 0.1) is 13.7 Å². The topological polar surface area (TPSA) is 55.8 Å². The van der Waals surface area contributed by atoms with Crippen LogP contribution in [0, 0.1) is 0 Å². The molecule has 1 amide bonds. The van der Waals surface area contributed by atoms with Gasteiger partial charge < -0.3 is 9.47 Å². The fourth-order valence-electron chi connectivity index (χ4n) is 4.02. The van der Waals surface area contributed by atoms with E-state index >= 15 is 0 Å². The molecule has 140 valence electrons. The molecule has 1 aliphatic heterocycles. The number of fused-ring (bicyclic) bond motifs is 3. The highest BCUT2D eigenvalue weighted by atomic mass is 19.1. The van der Waals surface area contributed by atoms with Crippen LogP contribution >= 0.6 is 0 Å². The van der Waals surface area contributed by atoms with Crippen LogP contribution in [0.5, 0.6) is 0 Å². The zero-order valence-electron chi connectivity index (χ0n) is 14.9. The lowest BCUT2D eigenvalue weighted by Crippen LogP contribution is -2.41. The van der Waals surface area contributed by atoms with E-state index in [0.29, 0.717) is 0 Å². The Morgan fingerprint density at radius 1 is 1.07 bits per heavy atom. The van der Waals surface area contributed by atoms with Crippen LogP contribution in [-0.4, -0.2) is 49.4 Å². The molecule has 27 heavy (non-hydrogen) atoms. The predicted molar refractivity (Wildman–Crippen MR) is 97.1 cm³/mol. The molecular weight excluding hydrogens is 349 g/mol. The van der Waals surface area contributed by atoms with Crippen LogP contribution in [0.1, 0.15) is 23.5 Å². The molecule has 1 aliphatic carbocycles. The number of nitrogens with zero attached hydrogens (tertiary/aromatic N) is 1. The quantitative estimate of drug-likeness (QED) is 0.777. The molecule has 2 atom stereocenters. The third-order valence-electron chi connectivity index (χ3n) is 5.29. The summed E-state index contributed by atoms with van der Waals surface area (Å²) in [6.45, 7) is -0.0232. The molecule has 0 spiro atoms. The summed E-state index contributed by atoms with van der Waals surface area (Å²) in [7, 11) is 1.23. The molecule has 6 heteroatoms. The molecule has 1 saturated heterocycles. The van der Waals surface area contributed by atoms with Crippen molar-refractivity contribution in [2.75, 3.05) is 20.3 Å². The number of likely N-dealkylation sites (tertiary alicyclic amines) is 1. The lowest BCUT2D eigenvalue weighted by molar-refractivity contribution is -0.145. The van der Waals surface area contributed by atoms with E-state index in [1.54, 1.807) is 0 Å². The van der Waals surface area contributed by atoms with Gasteiger partial charge in [0.25, 0.3) is 0 Å². The van der Waals surface area contributed by atoms with Gasteiger partial charge in [-0.2, -0.15) is 0 Å². The Morgan fingerprint density at radius 3 is 2.26 bits per heavy atom. The van der Waals surface area contributed by atoms with E-state index in [1.807, 2.05) is 36.4 Å². The largest absolute Gasteiger partial charge is 0.467 e. The summed E-state index contributed by atoms with van der Waals surface area (Å²) in [5.74, 6) is -0.703. The molecule has 0 saturated carbocycles. The maximum Gasteiger partial charge on any atom is 0.410 e. The number of hydrogen-bond donors (Lipinski definition) is 0. The third kappa shape index (κ3) is 3.05. The van der Waals surface area contributed by atoms with Crippen LogP contribution in [0.4, 0.5) is 9.18 Å². The molecule has 0 bridgehead atoms. The molecule has 0 aromatic heterocycles. The van der Waals surface area contributed by atoms with Crippen molar-refractivity contribution in [1.29, 1.82) is 0 Å². The first-order chi connectivity index (χ1) is 13.1. The van der Waals surface area contributed by atoms with Crippen molar-refractivity contribution in [2.45, 2.75) is 24.6 Å². The van der Waals surface area contributed by atoms with Gasteiger partial charge in [-0.1, -0.05) is 48.5 Å². The fraction of sp³-hybridized carbons (Fsp3) is 0.333. The number of amides is 1. The molecular formula is C21H20FNO4. The molecule has 1 fully saturated rings. The van der Waals surface area contributed by atoms with Crippen molar-refractivity contribution in [3.63, 3.8) is 0 Å². The number of carbonyl (C=O) groups excluding carboxylic acids is 2. The molecule has 1 heterocycles. The highest BCUT2D eigenvalue weighted by molar-refractivity contribution is 5.82. The van der Waals surface area contributed by atoms with E-state index in [9.17, 15) is 14.0 Å². The molecule has 2 aromatic carbocycles. The monoisotopic (exact) mass is 369 g/mol. The Bertz CT molecular complexity index is 838. The summed E-state index contributed by atoms with van der Waals surface area (Å²) in [6.07, 6.45) is -2.00. The SMILES string of the molecule is COC(=O)C1CC(F)CN1C(=O)OCC1c2ccccc2-c2ccccc21. The number of ether oxygens (including phenoxy) is 2. The minimum absolute atomic E-state index is 0.0587. The molecule has 2 unspecified atom stereocenters. The second-order valence-electron chi connectivity index (χ2n) is 6.83. The average Bonchev–Trinajstić information content (AvgIpc) is 3.24. The molecule has 4 rings (SSSR count). The van der Waals surface area contributed by atoms with E-state index < -0.39 is 24.3 Å². The lowest BCUT2D eigenvalue weighted by atomic mass is 9.98. The van der Waals surface area contributed by atoms with Crippen molar-refractivity contribution in [3.05, 3.63) is 59.7 Å². The number of methoxy groups -OCH3 is 1. The van der Waals surface area contributed by atoms with Crippen molar-refractivity contribution in [1.82, 2.24) is 4.90 Å². The lowest BCUT2D eigenvalue weighted by Gasteiger charge is -2.23. The van der Waals surface area contributed by atoms with E-state index in [2.05, 4.69) is 16.9 Å². The molecule has 2 aliphatic rings. The molecule has 2 aromatic rings. The van der Waals surface area contributed by atoms with Gasteiger partial charge in [-0.05, 0) is 22.3 Å². The number of rotatable bonds is 3. The minimum Gasteiger partial charge on any atom is -0.467 e. The Labute approximate surface area is 156 Å². The molecule has 5 nitrogen and oxygen atoms in total. The first-order valence-electron chi connectivity index (χ1n) is 8.93. The maximum absolute atomic E-state index is 13.8. The number of halogens is 1. The summed E-state index contributed by atoms with van der Waals surface area (Å²) < 4.78 is 23.9. The van der Waals surface area contributed by atoms with Gasteiger partial charge in [-0.3, -0.25) is 4.90 Å². The van der Waals surface area contributed by atoms with Gasteiger partial charge in [0.1, 0.15) is 18.8 Å². The standard InChI is InChI=1S/C21H20FNO4/c1-26-20(24)19-10-13(22)11-23(19)21(25)27-12-18-16-8-4-2-6-14(16)15-7-3-5-9-17(15)18/h2-9,13,18-19H,10-12H2,1H3. The van der Waals surface area contributed by atoms with Crippen molar-refractivity contribution in [2.24, 2.45) is 0 Å². The van der Waals surface area contributed by atoms with Gasteiger partial charge in [0.2, 0.25) is 0 Å². The Morgan fingerprint density at radius 2 is 1.67 bits per heavy atom. The van der Waals surface area contributed by atoms with Crippen molar-refractivity contribution < 1.29 is 23.5 Å². The van der Waals surface area contributed by atoms with E-state index in [4.69, 9.17) is 4.74 Å². The van der Waals surface area contributed by atoms with E-state index in [0.717, 1.165) is 27.2 Å². The summed E-state index contributed by atoms with van der Waals surface area (Å²) in [5.41, 5.74) is 4.46. The van der Waals surface area contributed by atoms with Crippen molar-refractivity contribution in [3.8, 4) is 11.1 Å². The van der Waals surface area contributed by atoms with Crippen LogP contribution < -0.4 is 0 Å². The van der Waals surface area contributed by atoms with Crippen LogP contribution in [0.2, 0.25) is 0 Å². The van der Waals surface area contributed by atoms with Crippen LogP contribution in [0.15, 0.2) is 48.5 Å². The van der Waals surface area contributed by atoms with Gasteiger partial charge in [0, 0.05) is 12.3 Å². The predicted octanol–water partition coefficient (Wildman–Crippen LogP) is 3.52. The normalized spacial score (nSPS) is 20.9. The second kappa shape index (κ2) is 7.02. The first-order valence-corrected chi connectivity index (χ1v) is 8.93. The average molecular weight is 369 g/mol. The number of carbonyl (C=O) groups is 2. The Hall–Kier alpha value is -2.89. The maximum atomic E-state index is 13.8. The number of hydrogen-bond acceptors (Lipinski definition) is 4. The van der Waals surface area contributed by atoms with E-state index in [-0.39, 0.29) is 25.5 Å². The summed E-state index contributed by atoms with van der Waals surface area (Å²) in [6, 6.07) is 15.1. The smallest absolute Gasteiger partial charge is 0.410 e.